The van der Waals surface area contributed by atoms with Crippen LogP contribution in [0.4, 0.5) is 16.2 Å². The number of hydrogen-bond donors (Lipinski definition) is 3. The molecule has 3 aromatic rings. The molecule has 0 fully saturated rings. The van der Waals surface area contributed by atoms with Crippen molar-refractivity contribution < 1.29 is 4.79 Å². The Kier molecular flexibility index (Phi) is 3.31. The minimum absolute atomic E-state index is 0.262. The minimum Gasteiger partial charge on any atom is -0.345 e. The first-order chi connectivity index (χ1) is 10.1. The SMILES string of the molecule is Cc1ccc(C)c(NC(=O)Nc2ccc3nc[nH]c3c2)c1. The Morgan fingerprint density at radius 3 is 2.81 bits per heavy atom. The molecule has 3 rings (SSSR count). The smallest absolute Gasteiger partial charge is 0.323 e. The second-order valence-electron chi connectivity index (χ2n) is 5.03. The van der Waals surface area contributed by atoms with Crippen molar-refractivity contribution in [2.75, 3.05) is 10.6 Å². The van der Waals surface area contributed by atoms with Gasteiger partial charge in [0.1, 0.15) is 0 Å². The Hall–Kier alpha value is -2.82. The average molecular weight is 280 g/mol. The number of carbonyl (C=O) groups is 1. The van der Waals surface area contributed by atoms with Gasteiger partial charge < -0.3 is 15.6 Å². The molecule has 3 N–H and O–H groups in total. The van der Waals surface area contributed by atoms with Gasteiger partial charge in [0.15, 0.2) is 0 Å². The fourth-order valence-electron chi connectivity index (χ4n) is 2.17. The highest BCUT2D eigenvalue weighted by atomic mass is 16.2. The fourth-order valence-corrected chi connectivity index (χ4v) is 2.17. The Labute approximate surface area is 122 Å². The number of rotatable bonds is 2. The lowest BCUT2D eigenvalue weighted by molar-refractivity contribution is 0.262. The van der Waals surface area contributed by atoms with E-state index in [4.69, 9.17) is 0 Å². The number of nitrogens with zero attached hydrogens (tertiary/aromatic N) is 1. The first kappa shape index (κ1) is 13.2. The van der Waals surface area contributed by atoms with Gasteiger partial charge in [0.25, 0.3) is 0 Å². The van der Waals surface area contributed by atoms with Crippen LogP contribution in [0, 0.1) is 13.8 Å². The van der Waals surface area contributed by atoms with Gasteiger partial charge in [-0.1, -0.05) is 12.1 Å². The van der Waals surface area contributed by atoms with Crippen LogP contribution >= 0.6 is 0 Å². The summed E-state index contributed by atoms with van der Waals surface area (Å²) < 4.78 is 0. The lowest BCUT2D eigenvalue weighted by Gasteiger charge is -2.10. The minimum atomic E-state index is -0.262. The van der Waals surface area contributed by atoms with Crippen molar-refractivity contribution in [3.63, 3.8) is 0 Å². The summed E-state index contributed by atoms with van der Waals surface area (Å²) in [5.74, 6) is 0. The van der Waals surface area contributed by atoms with E-state index in [1.807, 2.05) is 50.2 Å². The molecule has 0 bridgehead atoms. The third-order valence-corrected chi connectivity index (χ3v) is 3.32. The van der Waals surface area contributed by atoms with Gasteiger partial charge in [-0.05, 0) is 49.2 Å². The zero-order chi connectivity index (χ0) is 14.8. The number of H-pyrrole nitrogens is 1. The topological polar surface area (TPSA) is 69.8 Å². The maximum absolute atomic E-state index is 12.1. The van der Waals surface area contributed by atoms with E-state index in [0.717, 1.165) is 33.5 Å². The lowest BCUT2D eigenvalue weighted by Crippen LogP contribution is -2.20. The third kappa shape index (κ3) is 2.86. The van der Waals surface area contributed by atoms with E-state index in [2.05, 4.69) is 20.6 Å². The largest absolute Gasteiger partial charge is 0.345 e. The standard InChI is InChI=1S/C16H16N4O/c1-10-3-4-11(2)14(7-10)20-16(21)19-12-5-6-13-15(8-12)18-9-17-13/h3-9H,1-2H3,(H,17,18)(H2,19,20,21). The van der Waals surface area contributed by atoms with Gasteiger partial charge >= 0.3 is 6.03 Å². The van der Waals surface area contributed by atoms with Gasteiger partial charge in [-0.3, -0.25) is 0 Å². The number of fused-ring (bicyclic) bond motifs is 1. The predicted molar refractivity (Wildman–Crippen MR) is 84.7 cm³/mol. The molecular formula is C16H16N4O. The summed E-state index contributed by atoms with van der Waals surface area (Å²) in [6.45, 7) is 3.96. The van der Waals surface area contributed by atoms with E-state index in [-0.39, 0.29) is 6.03 Å². The Morgan fingerprint density at radius 1 is 1.10 bits per heavy atom. The maximum Gasteiger partial charge on any atom is 0.323 e. The highest BCUT2D eigenvalue weighted by Gasteiger charge is 2.06. The molecule has 0 saturated carbocycles. The third-order valence-electron chi connectivity index (χ3n) is 3.32. The van der Waals surface area contributed by atoms with Crippen LogP contribution in [0.25, 0.3) is 11.0 Å². The van der Waals surface area contributed by atoms with Gasteiger partial charge in [-0.2, -0.15) is 0 Å². The highest BCUT2D eigenvalue weighted by molar-refractivity contribution is 6.01. The second kappa shape index (κ2) is 5.28. The molecule has 5 nitrogen and oxygen atoms in total. The number of urea groups is 1. The zero-order valence-electron chi connectivity index (χ0n) is 11.9. The van der Waals surface area contributed by atoms with Crippen LogP contribution in [0.3, 0.4) is 0 Å². The van der Waals surface area contributed by atoms with Crippen molar-refractivity contribution in [3.05, 3.63) is 53.9 Å². The van der Waals surface area contributed by atoms with Crippen molar-refractivity contribution in [3.8, 4) is 0 Å². The maximum atomic E-state index is 12.1. The molecule has 0 unspecified atom stereocenters. The number of benzene rings is 2. The highest BCUT2D eigenvalue weighted by Crippen LogP contribution is 2.18. The molecule has 0 aliphatic carbocycles. The molecule has 2 amide bonds. The van der Waals surface area contributed by atoms with Crippen molar-refractivity contribution in [2.45, 2.75) is 13.8 Å². The molecule has 1 heterocycles. The lowest BCUT2D eigenvalue weighted by atomic mass is 10.1. The molecule has 5 heteroatoms. The number of aromatic nitrogens is 2. The number of nitrogens with one attached hydrogen (secondary N) is 3. The van der Waals surface area contributed by atoms with Crippen LogP contribution in [-0.2, 0) is 0 Å². The summed E-state index contributed by atoms with van der Waals surface area (Å²) in [5.41, 5.74) is 5.43. The van der Waals surface area contributed by atoms with Gasteiger partial charge in [0.2, 0.25) is 0 Å². The quantitative estimate of drug-likeness (QED) is 0.667. The summed E-state index contributed by atoms with van der Waals surface area (Å²) in [5, 5.41) is 5.69. The van der Waals surface area contributed by atoms with Crippen molar-refractivity contribution in [2.24, 2.45) is 0 Å². The van der Waals surface area contributed by atoms with E-state index in [0.29, 0.717) is 0 Å². The summed E-state index contributed by atoms with van der Waals surface area (Å²) in [7, 11) is 0. The normalized spacial score (nSPS) is 10.6. The molecule has 0 saturated heterocycles. The molecule has 0 aliphatic rings. The van der Waals surface area contributed by atoms with Crippen molar-refractivity contribution in [1.29, 1.82) is 0 Å². The molecule has 0 spiro atoms. The molecule has 2 aromatic carbocycles. The molecule has 0 aliphatic heterocycles. The van der Waals surface area contributed by atoms with Crippen LogP contribution in [0.1, 0.15) is 11.1 Å². The van der Waals surface area contributed by atoms with E-state index in [9.17, 15) is 4.79 Å². The van der Waals surface area contributed by atoms with Gasteiger partial charge in [0.05, 0.1) is 17.4 Å². The fraction of sp³-hybridized carbons (Fsp3) is 0.125. The summed E-state index contributed by atoms with van der Waals surface area (Å²) in [6, 6.07) is 11.2. The predicted octanol–water partition coefficient (Wildman–Crippen LogP) is 3.82. The van der Waals surface area contributed by atoms with Crippen molar-refractivity contribution in [1.82, 2.24) is 9.97 Å². The summed E-state index contributed by atoms with van der Waals surface area (Å²) in [4.78, 5) is 19.2. The summed E-state index contributed by atoms with van der Waals surface area (Å²) >= 11 is 0. The number of anilines is 2. The number of carbonyl (C=O) groups excluding carboxylic acids is 1. The number of amides is 2. The second-order valence-corrected chi connectivity index (χ2v) is 5.03. The van der Waals surface area contributed by atoms with Gasteiger partial charge in [-0.15, -0.1) is 0 Å². The average Bonchev–Trinajstić information content (AvgIpc) is 2.90. The molecular weight excluding hydrogens is 264 g/mol. The Bertz CT molecular complexity index is 807. The van der Waals surface area contributed by atoms with E-state index in [1.165, 1.54) is 0 Å². The molecule has 0 radical (unpaired) electrons. The van der Waals surface area contributed by atoms with Crippen LogP contribution in [-0.4, -0.2) is 16.0 Å². The number of hydrogen-bond acceptors (Lipinski definition) is 2. The Balaban J connectivity index is 1.75. The van der Waals surface area contributed by atoms with Gasteiger partial charge in [0, 0.05) is 11.4 Å². The molecule has 0 atom stereocenters. The number of aromatic amines is 1. The molecule has 1 aromatic heterocycles. The number of aryl methyl sites for hydroxylation is 2. The zero-order valence-corrected chi connectivity index (χ0v) is 11.9. The van der Waals surface area contributed by atoms with Crippen LogP contribution < -0.4 is 10.6 Å². The van der Waals surface area contributed by atoms with Crippen molar-refractivity contribution >= 4 is 28.4 Å². The summed E-state index contributed by atoms with van der Waals surface area (Å²) in [6.07, 6.45) is 1.63. The van der Waals surface area contributed by atoms with E-state index < -0.39 is 0 Å². The van der Waals surface area contributed by atoms with Crippen LogP contribution in [0.2, 0.25) is 0 Å². The monoisotopic (exact) mass is 280 g/mol. The van der Waals surface area contributed by atoms with E-state index >= 15 is 0 Å². The van der Waals surface area contributed by atoms with Gasteiger partial charge in [-0.25, -0.2) is 9.78 Å². The first-order valence-electron chi connectivity index (χ1n) is 6.70. The number of imidazole rings is 1. The Morgan fingerprint density at radius 2 is 1.95 bits per heavy atom. The molecule has 106 valence electrons. The molecule has 21 heavy (non-hydrogen) atoms. The van der Waals surface area contributed by atoms with E-state index in [1.54, 1.807) is 6.33 Å². The van der Waals surface area contributed by atoms with Crippen LogP contribution in [0.5, 0.6) is 0 Å². The first-order valence-corrected chi connectivity index (χ1v) is 6.70. The van der Waals surface area contributed by atoms with Crippen LogP contribution in [0.15, 0.2) is 42.7 Å².